The molecule has 3 heteroatoms. The highest BCUT2D eigenvalue weighted by molar-refractivity contribution is 5.64. The lowest BCUT2D eigenvalue weighted by atomic mass is 10.0. The van der Waals surface area contributed by atoms with Gasteiger partial charge in [0.2, 0.25) is 0 Å². The molecule has 0 atom stereocenters. The van der Waals surface area contributed by atoms with Gasteiger partial charge in [0.1, 0.15) is 11.6 Å². The molecule has 2 rings (SSSR count). The number of allylic oxidation sites excluding steroid dienone is 4. The van der Waals surface area contributed by atoms with Crippen LogP contribution in [0.5, 0.6) is 5.75 Å². The summed E-state index contributed by atoms with van der Waals surface area (Å²) in [7, 11) is 0. The van der Waals surface area contributed by atoms with Crippen molar-refractivity contribution in [3.8, 4) is 11.4 Å². The average Bonchev–Trinajstić information content (AvgIpc) is 3.13. The van der Waals surface area contributed by atoms with Crippen molar-refractivity contribution in [2.45, 2.75) is 74.7 Å². The number of hydrogen-bond acceptors (Lipinski definition) is 2. The largest absolute Gasteiger partial charge is 0.508 e. The van der Waals surface area contributed by atoms with E-state index in [1.54, 1.807) is 6.20 Å². The number of nitrogens with zero attached hydrogens (tertiary/aromatic N) is 2. The number of benzene rings is 1. The summed E-state index contributed by atoms with van der Waals surface area (Å²) in [6, 6.07) is 5.83. The van der Waals surface area contributed by atoms with Crippen LogP contribution in [0.1, 0.15) is 86.0 Å². The maximum absolute atomic E-state index is 10.2. The summed E-state index contributed by atoms with van der Waals surface area (Å²) >= 11 is 0. The lowest BCUT2D eigenvalue weighted by Crippen LogP contribution is -2.00. The van der Waals surface area contributed by atoms with Gasteiger partial charge in [-0.05, 0) is 42.4 Å². The maximum Gasteiger partial charge on any atom is 0.140 e. The molecule has 0 bridgehead atoms. The molecule has 0 fully saturated rings. The molecule has 1 heterocycles. The van der Waals surface area contributed by atoms with Gasteiger partial charge >= 0.3 is 0 Å². The fraction of sp³-hybridized carbons (Fsp3) is 0.480. The molecule has 2 aromatic rings. The molecule has 1 aromatic carbocycles. The Labute approximate surface area is 172 Å². The molecule has 0 spiro atoms. The lowest BCUT2D eigenvalue weighted by molar-refractivity contribution is 0.464. The van der Waals surface area contributed by atoms with Gasteiger partial charge in [0.25, 0.3) is 0 Å². The number of aromatic nitrogens is 2. The Morgan fingerprint density at radius 2 is 1.75 bits per heavy atom. The van der Waals surface area contributed by atoms with Crippen LogP contribution < -0.4 is 0 Å². The molecule has 28 heavy (non-hydrogen) atoms. The number of aromatic hydroxyl groups is 1. The Bertz CT molecular complexity index is 734. The third-order valence-corrected chi connectivity index (χ3v) is 3.71. The zero-order chi connectivity index (χ0) is 21.7. The van der Waals surface area contributed by atoms with Gasteiger partial charge in [-0.25, -0.2) is 4.98 Å². The van der Waals surface area contributed by atoms with Crippen LogP contribution in [-0.2, 0) is 0 Å². The monoisotopic (exact) mass is 384 g/mol. The summed E-state index contributed by atoms with van der Waals surface area (Å²) in [6.07, 6.45) is 10.7. The first-order valence-corrected chi connectivity index (χ1v) is 10.5. The van der Waals surface area contributed by atoms with Crippen LogP contribution in [0.2, 0.25) is 0 Å². The highest BCUT2D eigenvalue weighted by Gasteiger charge is 2.11. The van der Waals surface area contributed by atoms with Gasteiger partial charge in [-0.15, -0.1) is 0 Å². The first-order chi connectivity index (χ1) is 13.3. The Morgan fingerprint density at radius 1 is 1.14 bits per heavy atom. The summed E-state index contributed by atoms with van der Waals surface area (Å²) in [5.74, 6) is 2.39. The first-order valence-electron chi connectivity index (χ1n) is 10.5. The van der Waals surface area contributed by atoms with Crippen LogP contribution >= 0.6 is 0 Å². The molecule has 0 aliphatic rings. The van der Waals surface area contributed by atoms with E-state index in [-0.39, 0.29) is 0 Å². The predicted molar refractivity (Wildman–Crippen MR) is 124 cm³/mol. The van der Waals surface area contributed by atoms with E-state index in [0.717, 1.165) is 35.0 Å². The molecule has 156 valence electrons. The highest BCUT2D eigenvalue weighted by Crippen LogP contribution is 2.29. The molecule has 0 amide bonds. The number of phenols is 1. The lowest BCUT2D eigenvalue weighted by Gasteiger charge is -2.13. The molecule has 1 aromatic heterocycles. The average molecular weight is 385 g/mol. The van der Waals surface area contributed by atoms with Crippen molar-refractivity contribution >= 4 is 5.57 Å². The van der Waals surface area contributed by atoms with E-state index < -0.39 is 0 Å². The Kier molecular flexibility index (Phi) is 12.7. The van der Waals surface area contributed by atoms with Crippen LogP contribution in [0.25, 0.3) is 11.3 Å². The molecular formula is C25H40N2O. The van der Waals surface area contributed by atoms with E-state index in [4.69, 9.17) is 0 Å². The molecule has 1 N–H and O–H groups in total. The second-order valence-corrected chi connectivity index (χ2v) is 7.32. The van der Waals surface area contributed by atoms with E-state index in [1.807, 2.05) is 61.9 Å². The van der Waals surface area contributed by atoms with Gasteiger partial charge in [0.05, 0.1) is 5.69 Å². The highest BCUT2D eigenvalue weighted by atomic mass is 16.3. The van der Waals surface area contributed by atoms with Crippen molar-refractivity contribution in [2.75, 3.05) is 0 Å². The summed E-state index contributed by atoms with van der Waals surface area (Å²) < 4.78 is 2.02. The summed E-state index contributed by atoms with van der Waals surface area (Å²) in [5, 5.41) is 10.2. The molecule has 0 aliphatic carbocycles. The van der Waals surface area contributed by atoms with E-state index >= 15 is 0 Å². The number of hydrogen-bond donors (Lipinski definition) is 1. The predicted octanol–water partition coefficient (Wildman–Crippen LogP) is 7.76. The summed E-state index contributed by atoms with van der Waals surface area (Å²) in [6.45, 7) is 18.8. The summed E-state index contributed by atoms with van der Waals surface area (Å²) in [4.78, 5) is 4.48. The maximum atomic E-state index is 10.2. The van der Waals surface area contributed by atoms with Gasteiger partial charge in [0.15, 0.2) is 0 Å². The van der Waals surface area contributed by atoms with Crippen molar-refractivity contribution < 1.29 is 5.11 Å². The van der Waals surface area contributed by atoms with Crippen molar-refractivity contribution in [3.05, 3.63) is 60.2 Å². The number of rotatable bonds is 5. The van der Waals surface area contributed by atoms with E-state index in [9.17, 15) is 5.11 Å². The number of phenolic OH excluding ortho intramolecular Hbond substituents is 1. The van der Waals surface area contributed by atoms with E-state index in [2.05, 4.69) is 52.6 Å². The van der Waals surface area contributed by atoms with Crippen LogP contribution in [0.3, 0.4) is 0 Å². The second kappa shape index (κ2) is 13.8. The smallest absolute Gasteiger partial charge is 0.140 e. The van der Waals surface area contributed by atoms with Gasteiger partial charge in [-0.3, -0.25) is 4.57 Å². The van der Waals surface area contributed by atoms with Crippen molar-refractivity contribution in [1.82, 2.24) is 9.55 Å². The van der Waals surface area contributed by atoms with Crippen molar-refractivity contribution in [3.63, 3.8) is 0 Å². The van der Waals surface area contributed by atoms with Crippen LogP contribution in [0.15, 0.2) is 48.8 Å². The normalized spacial score (nSPS) is 11.3. The van der Waals surface area contributed by atoms with Gasteiger partial charge < -0.3 is 5.11 Å². The fourth-order valence-electron chi connectivity index (χ4n) is 2.48. The van der Waals surface area contributed by atoms with Crippen LogP contribution in [0.4, 0.5) is 0 Å². The third kappa shape index (κ3) is 8.16. The minimum absolute atomic E-state index is 0.303. The molecule has 3 nitrogen and oxygen atoms in total. The zero-order valence-electron chi connectivity index (χ0n) is 19.3. The zero-order valence-corrected chi connectivity index (χ0v) is 19.3. The third-order valence-electron chi connectivity index (χ3n) is 3.71. The minimum atomic E-state index is 0.303. The molecular weight excluding hydrogens is 344 g/mol. The molecule has 0 aliphatic heterocycles. The van der Waals surface area contributed by atoms with E-state index in [0.29, 0.717) is 11.7 Å². The molecule has 0 saturated carbocycles. The number of imidazole rings is 1. The Hall–Kier alpha value is -2.29. The van der Waals surface area contributed by atoms with Gasteiger partial charge in [-0.2, -0.15) is 0 Å². The second-order valence-electron chi connectivity index (χ2n) is 7.32. The molecule has 0 saturated heterocycles. The van der Waals surface area contributed by atoms with Crippen molar-refractivity contribution in [2.24, 2.45) is 5.92 Å². The van der Waals surface area contributed by atoms with Gasteiger partial charge in [0, 0.05) is 18.5 Å². The fourth-order valence-corrected chi connectivity index (χ4v) is 2.48. The van der Waals surface area contributed by atoms with Gasteiger partial charge in [-0.1, -0.05) is 79.7 Å². The quantitative estimate of drug-likeness (QED) is 0.535. The molecule has 0 radical (unpaired) electrons. The SMILES string of the molecule is C/C=C\C=C(/CC)c1nccn1-c1ccc(C(C)C)c(O)c1.CC.CC(C)C. The first kappa shape index (κ1) is 25.7. The Morgan fingerprint density at radius 3 is 2.21 bits per heavy atom. The van der Waals surface area contributed by atoms with E-state index in [1.165, 1.54) is 0 Å². The van der Waals surface area contributed by atoms with Crippen molar-refractivity contribution in [1.29, 1.82) is 0 Å². The summed E-state index contributed by atoms with van der Waals surface area (Å²) in [5.41, 5.74) is 3.05. The molecule has 0 unspecified atom stereocenters. The van der Waals surface area contributed by atoms with Crippen LogP contribution in [-0.4, -0.2) is 14.7 Å². The minimum Gasteiger partial charge on any atom is -0.508 e. The topological polar surface area (TPSA) is 38.0 Å². The Balaban J connectivity index is 0.00000108. The standard InChI is InChI=1S/C19H24N2O.C4H10.C2H6/c1-5-7-8-15(6-2)19-20-11-12-21(19)16-9-10-17(14(3)4)18(22)13-16;1-4(2)3;1-2/h5,7-14,22H,6H2,1-4H3;4H,1-3H3;1-2H3/b7-5-,15-8+;;. The van der Waals surface area contributed by atoms with Crippen LogP contribution in [0, 0.1) is 5.92 Å².